The molecule has 0 unspecified atom stereocenters. The fourth-order valence-corrected chi connectivity index (χ4v) is 2.71. The van der Waals surface area contributed by atoms with Gasteiger partial charge in [-0.05, 0) is 25.0 Å². The highest BCUT2D eigenvalue weighted by atomic mass is 32.1. The third-order valence-corrected chi connectivity index (χ3v) is 3.97. The zero-order chi connectivity index (χ0) is 14.4. The first-order valence-corrected chi connectivity index (χ1v) is 7.45. The van der Waals surface area contributed by atoms with Gasteiger partial charge in [0.1, 0.15) is 0 Å². The van der Waals surface area contributed by atoms with Crippen LogP contribution in [0.2, 0.25) is 0 Å². The van der Waals surface area contributed by atoms with Gasteiger partial charge in [0.15, 0.2) is 0 Å². The Labute approximate surface area is 122 Å². The lowest BCUT2D eigenvalue weighted by molar-refractivity contribution is 0.0751. The summed E-state index contributed by atoms with van der Waals surface area (Å²) >= 11 is 1.37. The van der Waals surface area contributed by atoms with E-state index in [1.165, 1.54) is 11.3 Å². The van der Waals surface area contributed by atoms with Gasteiger partial charge in [-0.1, -0.05) is 11.8 Å². The van der Waals surface area contributed by atoms with Gasteiger partial charge in [0.2, 0.25) is 0 Å². The summed E-state index contributed by atoms with van der Waals surface area (Å²) in [5, 5.41) is 17.3. The highest BCUT2D eigenvalue weighted by molar-refractivity contribution is 7.14. The Balaban J connectivity index is 2.04. The van der Waals surface area contributed by atoms with Gasteiger partial charge in [0.25, 0.3) is 5.91 Å². The van der Waals surface area contributed by atoms with Gasteiger partial charge in [-0.25, -0.2) is 0 Å². The SMILES string of the molecule is N#CCCN(C(=O)c1ccc(C#CCCO)s1)C1CC1. The molecule has 0 saturated heterocycles. The topological polar surface area (TPSA) is 64.3 Å². The lowest BCUT2D eigenvalue weighted by Gasteiger charge is -2.20. The van der Waals surface area contributed by atoms with Crippen molar-refractivity contribution >= 4 is 17.2 Å². The van der Waals surface area contributed by atoms with Gasteiger partial charge in [0, 0.05) is 19.0 Å². The van der Waals surface area contributed by atoms with E-state index in [0.717, 1.165) is 17.7 Å². The van der Waals surface area contributed by atoms with Crippen LogP contribution in [-0.2, 0) is 0 Å². The summed E-state index contributed by atoms with van der Waals surface area (Å²) in [7, 11) is 0. The van der Waals surface area contributed by atoms with E-state index >= 15 is 0 Å². The van der Waals surface area contributed by atoms with Crippen LogP contribution in [0.25, 0.3) is 0 Å². The maximum Gasteiger partial charge on any atom is 0.264 e. The molecule has 1 fully saturated rings. The van der Waals surface area contributed by atoms with Crippen LogP contribution in [0.3, 0.4) is 0 Å². The Morgan fingerprint density at radius 3 is 2.90 bits per heavy atom. The molecule has 1 aliphatic rings. The maximum absolute atomic E-state index is 12.4. The van der Waals surface area contributed by atoms with E-state index in [1.54, 1.807) is 11.0 Å². The number of carbonyl (C=O) groups is 1. The summed E-state index contributed by atoms with van der Waals surface area (Å²) in [4.78, 5) is 15.7. The molecule has 20 heavy (non-hydrogen) atoms. The Bertz CT molecular complexity index is 573. The molecule has 0 bridgehead atoms. The van der Waals surface area contributed by atoms with Crippen molar-refractivity contribution in [1.29, 1.82) is 5.26 Å². The summed E-state index contributed by atoms with van der Waals surface area (Å²) in [6.07, 6.45) is 2.88. The zero-order valence-electron chi connectivity index (χ0n) is 11.1. The summed E-state index contributed by atoms with van der Waals surface area (Å²) in [6.45, 7) is 0.553. The Morgan fingerprint density at radius 1 is 1.45 bits per heavy atom. The zero-order valence-corrected chi connectivity index (χ0v) is 11.9. The van der Waals surface area contributed by atoms with Gasteiger partial charge in [-0.3, -0.25) is 4.79 Å². The molecule has 0 aliphatic heterocycles. The number of hydrogen-bond donors (Lipinski definition) is 1. The summed E-state index contributed by atoms with van der Waals surface area (Å²) in [5.74, 6) is 5.78. The molecule has 4 nitrogen and oxygen atoms in total. The van der Waals surface area contributed by atoms with Crippen LogP contribution in [0.15, 0.2) is 12.1 Å². The van der Waals surface area contributed by atoms with Crippen molar-refractivity contribution < 1.29 is 9.90 Å². The summed E-state index contributed by atoms with van der Waals surface area (Å²) < 4.78 is 0. The molecule has 1 aromatic rings. The minimum Gasteiger partial charge on any atom is -0.395 e. The van der Waals surface area contributed by atoms with Crippen LogP contribution >= 0.6 is 11.3 Å². The van der Waals surface area contributed by atoms with Crippen LogP contribution in [0.4, 0.5) is 0 Å². The number of aliphatic hydroxyl groups excluding tert-OH is 1. The molecule has 1 heterocycles. The predicted molar refractivity (Wildman–Crippen MR) is 77.2 cm³/mol. The highest BCUT2D eigenvalue weighted by Gasteiger charge is 2.33. The van der Waals surface area contributed by atoms with E-state index < -0.39 is 0 Å². The summed E-state index contributed by atoms with van der Waals surface area (Å²) in [6, 6.07) is 6.02. The third kappa shape index (κ3) is 3.84. The van der Waals surface area contributed by atoms with Gasteiger partial charge in [-0.2, -0.15) is 5.26 Å². The lowest BCUT2D eigenvalue weighted by Crippen LogP contribution is -2.33. The number of amides is 1. The number of rotatable bonds is 5. The minimum atomic E-state index is 0.00274. The molecule has 0 atom stereocenters. The van der Waals surface area contributed by atoms with E-state index in [4.69, 9.17) is 10.4 Å². The van der Waals surface area contributed by atoms with E-state index in [1.807, 2.05) is 6.07 Å². The molecule has 1 aromatic heterocycles. The molecule has 0 spiro atoms. The highest BCUT2D eigenvalue weighted by Crippen LogP contribution is 2.29. The van der Waals surface area contributed by atoms with Crippen molar-refractivity contribution in [1.82, 2.24) is 4.90 Å². The van der Waals surface area contributed by atoms with Gasteiger partial charge >= 0.3 is 0 Å². The predicted octanol–water partition coefficient (Wildman–Crippen LogP) is 2.00. The Kier molecular flexibility index (Phi) is 5.17. The first-order chi connectivity index (χ1) is 9.76. The van der Waals surface area contributed by atoms with E-state index in [2.05, 4.69) is 17.9 Å². The third-order valence-electron chi connectivity index (χ3n) is 2.98. The molecule has 1 saturated carbocycles. The number of nitrogens with zero attached hydrogens (tertiary/aromatic N) is 2. The molecule has 0 radical (unpaired) electrons. The van der Waals surface area contributed by atoms with Gasteiger partial charge < -0.3 is 10.0 Å². The quantitative estimate of drug-likeness (QED) is 0.843. The minimum absolute atomic E-state index is 0.00274. The van der Waals surface area contributed by atoms with Crippen LogP contribution in [0.1, 0.15) is 40.2 Å². The maximum atomic E-state index is 12.4. The Morgan fingerprint density at radius 2 is 2.25 bits per heavy atom. The molecular weight excluding hydrogens is 272 g/mol. The van der Waals surface area contributed by atoms with Crippen LogP contribution in [0.5, 0.6) is 0 Å². The second-order valence-electron chi connectivity index (χ2n) is 4.58. The van der Waals surface area contributed by atoms with Crippen molar-refractivity contribution in [3.63, 3.8) is 0 Å². The van der Waals surface area contributed by atoms with E-state index in [9.17, 15) is 4.79 Å². The number of carbonyl (C=O) groups excluding carboxylic acids is 1. The Hall–Kier alpha value is -1.82. The fraction of sp³-hybridized carbons (Fsp3) is 0.467. The average Bonchev–Trinajstić information content (AvgIpc) is 3.18. The molecule has 104 valence electrons. The first kappa shape index (κ1) is 14.6. The first-order valence-electron chi connectivity index (χ1n) is 6.63. The molecule has 1 N–H and O–H groups in total. The number of aliphatic hydroxyl groups is 1. The molecule has 1 aliphatic carbocycles. The number of nitriles is 1. The van der Waals surface area contributed by atoms with Crippen molar-refractivity contribution in [2.45, 2.75) is 31.7 Å². The molecule has 1 amide bonds. The second kappa shape index (κ2) is 7.09. The fourth-order valence-electron chi connectivity index (χ4n) is 1.87. The molecule has 5 heteroatoms. The lowest BCUT2D eigenvalue weighted by atomic mass is 10.3. The van der Waals surface area contributed by atoms with Crippen LogP contribution in [0, 0.1) is 23.2 Å². The number of hydrogen-bond acceptors (Lipinski definition) is 4. The molecule has 2 rings (SSSR count). The number of thiophene rings is 1. The van der Waals surface area contributed by atoms with E-state index in [-0.39, 0.29) is 12.5 Å². The van der Waals surface area contributed by atoms with Crippen molar-refractivity contribution in [3.8, 4) is 17.9 Å². The largest absolute Gasteiger partial charge is 0.395 e. The van der Waals surface area contributed by atoms with Crippen molar-refractivity contribution in [2.24, 2.45) is 0 Å². The van der Waals surface area contributed by atoms with Crippen LogP contribution in [-0.4, -0.2) is 35.1 Å². The van der Waals surface area contributed by atoms with Crippen molar-refractivity contribution in [3.05, 3.63) is 21.9 Å². The average molecular weight is 288 g/mol. The monoisotopic (exact) mass is 288 g/mol. The van der Waals surface area contributed by atoms with Gasteiger partial charge in [0.05, 0.1) is 28.9 Å². The summed E-state index contributed by atoms with van der Waals surface area (Å²) in [5.41, 5.74) is 0. The van der Waals surface area contributed by atoms with Gasteiger partial charge in [-0.15, -0.1) is 11.3 Å². The normalized spacial score (nSPS) is 13.2. The van der Waals surface area contributed by atoms with Crippen molar-refractivity contribution in [2.75, 3.05) is 13.2 Å². The second-order valence-corrected chi connectivity index (χ2v) is 5.66. The van der Waals surface area contributed by atoms with E-state index in [0.29, 0.717) is 30.3 Å². The molecule has 0 aromatic carbocycles. The van der Waals surface area contributed by atoms with Crippen LogP contribution < -0.4 is 0 Å². The molecular formula is C15H16N2O2S. The standard InChI is InChI=1S/C15H16N2O2S/c16-9-3-10-17(12-5-6-12)15(19)14-8-7-13(20-14)4-1-2-11-18/h7-8,12,18H,2-3,5-6,10-11H2. The smallest absolute Gasteiger partial charge is 0.264 e.